The van der Waals surface area contributed by atoms with E-state index in [1.165, 1.54) is 36.5 Å². The van der Waals surface area contributed by atoms with Gasteiger partial charge in [-0.25, -0.2) is 9.18 Å². The first-order valence-electron chi connectivity index (χ1n) is 6.84. The molecule has 122 valence electrons. The Morgan fingerprint density at radius 1 is 1.30 bits per heavy atom. The number of carbonyl (C=O) groups is 2. The number of nitrogens with one attached hydrogen (secondary N) is 1. The third-order valence-corrected chi connectivity index (χ3v) is 4.88. The van der Waals surface area contributed by atoms with Crippen LogP contribution in [0, 0.1) is 12.7 Å². The van der Waals surface area contributed by atoms with Gasteiger partial charge in [-0.05, 0) is 43.2 Å². The van der Waals surface area contributed by atoms with Gasteiger partial charge in [0.25, 0.3) is 0 Å². The lowest BCUT2D eigenvalue weighted by Gasteiger charge is -2.18. The largest absolute Gasteiger partial charge is 0.479 e. The fourth-order valence-electron chi connectivity index (χ4n) is 2.09. The molecule has 0 saturated heterocycles. The summed E-state index contributed by atoms with van der Waals surface area (Å²) in [6.45, 7) is 3.21. The SMILES string of the molecule is Cc1cc(C(NC(=O)C(C)c2ccc(Cl)s2)C(=O)O)ccc1F. The topological polar surface area (TPSA) is 66.4 Å². The van der Waals surface area contributed by atoms with Crippen LogP contribution < -0.4 is 5.32 Å². The van der Waals surface area contributed by atoms with Crippen LogP contribution in [0.15, 0.2) is 30.3 Å². The summed E-state index contributed by atoms with van der Waals surface area (Å²) in [6.07, 6.45) is 0. The van der Waals surface area contributed by atoms with Gasteiger partial charge in [-0.2, -0.15) is 0 Å². The zero-order valence-electron chi connectivity index (χ0n) is 12.5. The van der Waals surface area contributed by atoms with E-state index in [1.54, 1.807) is 19.1 Å². The van der Waals surface area contributed by atoms with Crippen LogP contribution in [-0.4, -0.2) is 17.0 Å². The fraction of sp³-hybridized carbons (Fsp3) is 0.250. The van der Waals surface area contributed by atoms with Crippen LogP contribution in [0.25, 0.3) is 0 Å². The van der Waals surface area contributed by atoms with E-state index in [2.05, 4.69) is 5.32 Å². The number of halogens is 2. The van der Waals surface area contributed by atoms with E-state index in [1.807, 2.05) is 0 Å². The summed E-state index contributed by atoms with van der Waals surface area (Å²) >= 11 is 7.12. The highest BCUT2D eigenvalue weighted by Gasteiger charge is 2.26. The molecular formula is C16H15ClFNO3S. The Labute approximate surface area is 141 Å². The highest BCUT2D eigenvalue weighted by molar-refractivity contribution is 7.16. The minimum absolute atomic E-state index is 0.320. The summed E-state index contributed by atoms with van der Waals surface area (Å²) in [5, 5.41) is 11.9. The summed E-state index contributed by atoms with van der Waals surface area (Å²) in [7, 11) is 0. The van der Waals surface area contributed by atoms with Gasteiger partial charge < -0.3 is 10.4 Å². The Morgan fingerprint density at radius 2 is 2.00 bits per heavy atom. The number of hydrogen-bond donors (Lipinski definition) is 2. The van der Waals surface area contributed by atoms with E-state index >= 15 is 0 Å². The summed E-state index contributed by atoms with van der Waals surface area (Å²) in [4.78, 5) is 24.5. The summed E-state index contributed by atoms with van der Waals surface area (Å²) < 4.78 is 13.9. The molecule has 0 radical (unpaired) electrons. The highest BCUT2D eigenvalue weighted by Crippen LogP contribution is 2.29. The number of carbonyl (C=O) groups excluding carboxylic acids is 1. The van der Waals surface area contributed by atoms with E-state index in [0.29, 0.717) is 15.5 Å². The molecule has 1 heterocycles. The van der Waals surface area contributed by atoms with Gasteiger partial charge in [0.05, 0.1) is 10.3 Å². The number of rotatable bonds is 5. The molecule has 0 aliphatic rings. The van der Waals surface area contributed by atoms with Crippen LogP contribution in [0.2, 0.25) is 4.34 Å². The van der Waals surface area contributed by atoms with Crippen molar-refractivity contribution in [1.82, 2.24) is 5.32 Å². The second-order valence-electron chi connectivity index (χ2n) is 5.15. The van der Waals surface area contributed by atoms with Crippen molar-refractivity contribution in [3.05, 3.63) is 56.5 Å². The average molecular weight is 356 g/mol. The van der Waals surface area contributed by atoms with E-state index in [-0.39, 0.29) is 0 Å². The Bertz CT molecular complexity index is 747. The molecule has 2 aromatic rings. The first kappa shape index (κ1) is 17.4. The molecule has 2 rings (SSSR count). The smallest absolute Gasteiger partial charge is 0.330 e. The predicted molar refractivity (Wildman–Crippen MR) is 87.4 cm³/mol. The van der Waals surface area contributed by atoms with Gasteiger partial charge in [-0.1, -0.05) is 23.7 Å². The minimum Gasteiger partial charge on any atom is -0.479 e. The molecule has 0 fully saturated rings. The fourth-order valence-corrected chi connectivity index (χ4v) is 3.20. The van der Waals surface area contributed by atoms with Crippen molar-refractivity contribution in [3.8, 4) is 0 Å². The molecule has 2 atom stereocenters. The zero-order chi connectivity index (χ0) is 17.1. The van der Waals surface area contributed by atoms with Gasteiger partial charge in [0, 0.05) is 4.88 Å². The quantitative estimate of drug-likeness (QED) is 0.855. The van der Waals surface area contributed by atoms with E-state index < -0.39 is 29.7 Å². The number of carboxylic acids is 1. The lowest BCUT2D eigenvalue weighted by atomic mass is 10.0. The first-order chi connectivity index (χ1) is 10.8. The predicted octanol–water partition coefficient (Wildman–Crippen LogP) is 3.89. The van der Waals surface area contributed by atoms with Gasteiger partial charge >= 0.3 is 5.97 Å². The van der Waals surface area contributed by atoms with Crippen LogP contribution in [0.4, 0.5) is 4.39 Å². The second kappa shape index (κ2) is 7.10. The van der Waals surface area contributed by atoms with E-state index in [0.717, 1.165) is 4.88 Å². The van der Waals surface area contributed by atoms with Crippen LogP contribution in [0.5, 0.6) is 0 Å². The number of aryl methyl sites for hydroxylation is 1. The van der Waals surface area contributed by atoms with E-state index in [9.17, 15) is 19.1 Å². The molecule has 23 heavy (non-hydrogen) atoms. The molecule has 4 nitrogen and oxygen atoms in total. The van der Waals surface area contributed by atoms with Gasteiger partial charge in [0.1, 0.15) is 5.82 Å². The maximum atomic E-state index is 13.3. The number of carboxylic acid groups (broad SMARTS) is 1. The molecule has 1 aromatic carbocycles. The van der Waals surface area contributed by atoms with Gasteiger partial charge in [-0.15, -0.1) is 11.3 Å². The van der Waals surface area contributed by atoms with Crippen LogP contribution >= 0.6 is 22.9 Å². The van der Waals surface area contributed by atoms with Crippen molar-refractivity contribution in [2.24, 2.45) is 0 Å². The van der Waals surface area contributed by atoms with Crippen molar-refractivity contribution >= 4 is 34.8 Å². The van der Waals surface area contributed by atoms with Crippen LogP contribution in [-0.2, 0) is 9.59 Å². The minimum atomic E-state index is -1.24. The maximum absolute atomic E-state index is 13.3. The van der Waals surface area contributed by atoms with Gasteiger partial charge in [-0.3, -0.25) is 4.79 Å². The summed E-state index contributed by atoms with van der Waals surface area (Å²) in [5.74, 6) is -2.60. The molecule has 0 aliphatic heterocycles. The van der Waals surface area contributed by atoms with Gasteiger partial charge in [0.2, 0.25) is 5.91 Å². The lowest BCUT2D eigenvalue weighted by molar-refractivity contribution is -0.142. The van der Waals surface area contributed by atoms with Gasteiger partial charge in [0.15, 0.2) is 6.04 Å². The molecule has 1 amide bonds. The number of aliphatic carboxylic acids is 1. The molecule has 2 unspecified atom stereocenters. The Morgan fingerprint density at radius 3 is 2.52 bits per heavy atom. The second-order valence-corrected chi connectivity index (χ2v) is 6.90. The monoisotopic (exact) mass is 355 g/mol. The average Bonchev–Trinajstić information content (AvgIpc) is 2.93. The third-order valence-electron chi connectivity index (χ3n) is 3.46. The summed E-state index contributed by atoms with van der Waals surface area (Å²) in [5.41, 5.74) is 0.641. The first-order valence-corrected chi connectivity index (χ1v) is 8.03. The lowest BCUT2D eigenvalue weighted by Crippen LogP contribution is -2.36. The third kappa shape index (κ3) is 4.09. The van der Waals surface area contributed by atoms with E-state index in [4.69, 9.17) is 11.6 Å². The molecule has 0 spiro atoms. The van der Waals surface area contributed by atoms with Crippen molar-refractivity contribution in [2.75, 3.05) is 0 Å². The van der Waals surface area contributed by atoms with Crippen molar-refractivity contribution in [1.29, 1.82) is 0 Å². The Balaban J connectivity index is 2.20. The molecule has 2 N–H and O–H groups in total. The number of hydrogen-bond acceptors (Lipinski definition) is 3. The van der Waals surface area contributed by atoms with Crippen LogP contribution in [0.1, 0.15) is 34.9 Å². The zero-order valence-corrected chi connectivity index (χ0v) is 14.0. The number of benzene rings is 1. The standard InChI is InChI=1S/C16H15ClFNO3S/c1-8-7-10(3-4-11(8)18)14(16(21)22)19-15(20)9(2)12-5-6-13(17)23-12/h3-7,9,14H,1-2H3,(H,19,20)(H,21,22). The summed E-state index contributed by atoms with van der Waals surface area (Å²) in [6, 6.07) is 6.14. The normalized spacial score (nSPS) is 13.4. The molecule has 1 aromatic heterocycles. The Kier molecular flexibility index (Phi) is 5.38. The molecule has 0 aliphatic carbocycles. The van der Waals surface area contributed by atoms with Crippen molar-refractivity contribution in [3.63, 3.8) is 0 Å². The number of amides is 1. The molecular weight excluding hydrogens is 341 g/mol. The number of thiophene rings is 1. The van der Waals surface area contributed by atoms with Crippen molar-refractivity contribution in [2.45, 2.75) is 25.8 Å². The molecule has 7 heteroatoms. The Hall–Kier alpha value is -1.92. The maximum Gasteiger partial charge on any atom is 0.330 e. The van der Waals surface area contributed by atoms with Crippen molar-refractivity contribution < 1.29 is 19.1 Å². The van der Waals surface area contributed by atoms with Crippen LogP contribution in [0.3, 0.4) is 0 Å². The molecule has 0 bridgehead atoms. The molecule has 0 saturated carbocycles. The highest BCUT2D eigenvalue weighted by atomic mass is 35.5.